The van der Waals surface area contributed by atoms with Crippen LogP contribution in [0.15, 0.2) is 18.2 Å². The molecule has 4 nitrogen and oxygen atoms in total. The van der Waals surface area contributed by atoms with E-state index in [2.05, 4.69) is 10.6 Å². The summed E-state index contributed by atoms with van der Waals surface area (Å²) in [7, 11) is 0. The van der Waals surface area contributed by atoms with Crippen molar-refractivity contribution >= 4 is 23.2 Å². The Labute approximate surface area is 104 Å². The average molecular weight is 261 g/mol. The molecule has 0 aliphatic carbocycles. The zero-order chi connectivity index (χ0) is 12.8. The molecule has 0 heterocycles. The summed E-state index contributed by atoms with van der Waals surface area (Å²) in [6.07, 6.45) is -0.532. The first-order valence-corrected chi connectivity index (χ1v) is 5.50. The largest absolute Gasteiger partial charge is 0.392 e. The van der Waals surface area contributed by atoms with Crippen LogP contribution in [0.25, 0.3) is 0 Å². The van der Waals surface area contributed by atoms with Crippen LogP contribution >= 0.6 is 11.6 Å². The second-order valence-corrected chi connectivity index (χ2v) is 4.09. The van der Waals surface area contributed by atoms with E-state index in [1.807, 2.05) is 0 Å². The summed E-state index contributed by atoms with van der Waals surface area (Å²) < 4.78 is 13.3. The maximum absolute atomic E-state index is 13.3. The number of nitrogens with one attached hydrogen (secondary N) is 2. The van der Waals surface area contributed by atoms with Crippen LogP contribution in [0.3, 0.4) is 0 Å². The summed E-state index contributed by atoms with van der Waals surface area (Å²) in [5.74, 6) is -0.965. The van der Waals surface area contributed by atoms with Crippen LogP contribution in [0.5, 0.6) is 0 Å². The standard InChI is InChI=1S/C11H14ClFN2O2/c1-7(16)5-14-6-11(17)15-10-3-2-8(12)4-9(10)13/h2-4,7,14,16H,5-6H2,1H3,(H,15,17)/t7-/m0/s1. The van der Waals surface area contributed by atoms with Crippen molar-refractivity contribution in [2.75, 3.05) is 18.4 Å². The monoisotopic (exact) mass is 260 g/mol. The van der Waals surface area contributed by atoms with E-state index in [0.29, 0.717) is 6.54 Å². The van der Waals surface area contributed by atoms with Crippen LogP contribution in [-0.4, -0.2) is 30.2 Å². The minimum Gasteiger partial charge on any atom is -0.392 e. The van der Waals surface area contributed by atoms with E-state index in [9.17, 15) is 9.18 Å². The van der Waals surface area contributed by atoms with Crippen LogP contribution in [0.2, 0.25) is 5.02 Å². The lowest BCUT2D eigenvalue weighted by molar-refractivity contribution is -0.115. The highest BCUT2D eigenvalue weighted by Crippen LogP contribution is 2.18. The van der Waals surface area contributed by atoms with Crippen molar-refractivity contribution in [3.8, 4) is 0 Å². The number of hydrogen-bond donors (Lipinski definition) is 3. The Bertz CT molecular complexity index is 399. The molecule has 1 atom stereocenters. The lowest BCUT2D eigenvalue weighted by Crippen LogP contribution is -2.32. The van der Waals surface area contributed by atoms with E-state index >= 15 is 0 Å². The van der Waals surface area contributed by atoms with Gasteiger partial charge in [0, 0.05) is 11.6 Å². The van der Waals surface area contributed by atoms with Gasteiger partial charge in [-0.1, -0.05) is 11.6 Å². The fourth-order valence-electron chi connectivity index (χ4n) is 1.18. The molecule has 3 N–H and O–H groups in total. The van der Waals surface area contributed by atoms with Crippen molar-refractivity contribution in [1.82, 2.24) is 5.32 Å². The quantitative estimate of drug-likeness (QED) is 0.750. The topological polar surface area (TPSA) is 61.4 Å². The summed E-state index contributed by atoms with van der Waals surface area (Å²) in [5, 5.41) is 14.4. The molecule has 94 valence electrons. The first kappa shape index (κ1) is 13.9. The molecule has 1 aromatic carbocycles. The molecule has 17 heavy (non-hydrogen) atoms. The molecule has 0 aromatic heterocycles. The van der Waals surface area contributed by atoms with Crippen molar-refractivity contribution in [3.05, 3.63) is 29.0 Å². The second kappa shape index (κ2) is 6.54. The Morgan fingerprint density at radius 2 is 2.29 bits per heavy atom. The first-order valence-electron chi connectivity index (χ1n) is 5.12. The van der Waals surface area contributed by atoms with E-state index in [-0.39, 0.29) is 23.2 Å². The van der Waals surface area contributed by atoms with Gasteiger partial charge in [0.1, 0.15) is 5.82 Å². The molecule has 0 aliphatic heterocycles. The number of carbonyl (C=O) groups excluding carboxylic acids is 1. The van der Waals surface area contributed by atoms with Gasteiger partial charge in [-0.2, -0.15) is 0 Å². The summed E-state index contributed by atoms with van der Waals surface area (Å²) in [6.45, 7) is 1.91. The summed E-state index contributed by atoms with van der Waals surface area (Å²) >= 11 is 5.58. The molecule has 6 heteroatoms. The summed E-state index contributed by atoms with van der Waals surface area (Å²) in [6, 6.07) is 4.01. The molecule has 0 saturated heterocycles. The van der Waals surface area contributed by atoms with Gasteiger partial charge in [0.05, 0.1) is 18.3 Å². The first-order chi connectivity index (χ1) is 7.99. The number of aliphatic hydroxyl groups excluding tert-OH is 1. The van der Waals surface area contributed by atoms with Crippen LogP contribution in [-0.2, 0) is 4.79 Å². The molecule has 0 radical (unpaired) electrons. The van der Waals surface area contributed by atoms with Crippen molar-refractivity contribution < 1.29 is 14.3 Å². The number of benzene rings is 1. The van der Waals surface area contributed by atoms with E-state index in [1.54, 1.807) is 6.92 Å². The summed E-state index contributed by atoms with van der Waals surface area (Å²) in [5.41, 5.74) is 0.0817. The van der Waals surface area contributed by atoms with Crippen molar-refractivity contribution in [1.29, 1.82) is 0 Å². The third-order valence-electron chi connectivity index (χ3n) is 1.93. The number of aliphatic hydroxyl groups is 1. The Balaban J connectivity index is 2.45. The summed E-state index contributed by atoms with van der Waals surface area (Å²) in [4.78, 5) is 11.4. The molecular formula is C11H14ClFN2O2. The van der Waals surface area contributed by atoms with Crippen molar-refractivity contribution in [2.45, 2.75) is 13.0 Å². The zero-order valence-corrected chi connectivity index (χ0v) is 10.1. The van der Waals surface area contributed by atoms with Crippen molar-refractivity contribution in [3.63, 3.8) is 0 Å². The average Bonchev–Trinajstić information content (AvgIpc) is 2.21. The minimum atomic E-state index is -0.582. The van der Waals surface area contributed by atoms with E-state index < -0.39 is 11.9 Å². The third kappa shape index (κ3) is 5.12. The molecule has 0 fully saturated rings. The predicted octanol–water partition coefficient (Wildman–Crippen LogP) is 1.39. The third-order valence-corrected chi connectivity index (χ3v) is 2.17. The van der Waals surface area contributed by atoms with Crippen LogP contribution < -0.4 is 10.6 Å². The SMILES string of the molecule is C[C@H](O)CNCC(=O)Nc1ccc(Cl)cc1F. The van der Waals surface area contributed by atoms with Crippen LogP contribution in [0, 0.1) is 5.82 Å². The maximum Gasteiger partial charge on any atom is 0.238 e. The van der Waals surface area contributed by atoms with Gasteiger partial charge < -0.3 is 15.7 Å². The molecule has 0 aliphatic rings. The maximum atomic E-state index is 13.3. The predicted molar refractivity (Wildman–Crippen MR) is 64.6 cm³/mol. The molecular weight excluding hydrogens is 247 g/mol. The number of rotatable bonds is 5. The number of hydrogen-bond acceptors (Lipinski definition) is 3. The van der Waals surface area contributed by atoms with E-state index in [4.69, 9.17) is 16.7 Å². The number of anilines is 1. The van der Waals surface area contributed by atoms with Gasteiger partial charge >= 0.3 is 0 Å². The Hall–Kier alpha value is -1.17. The molecule has 0 spiro atoms. The van der Waals surface area contributed by atoms with Gasteiger partial charge in [-0.25, -0.2) is 4.39 Å². The Morgan fingerprint density at radius 1 is 1.59 bits per heavy atom. The smallest absolute Gasteiger partial charge is 0.238 e. The van der Waals surface area contributed by atoms with Gasteiger partial charge in [0.15, 0.2) is 0 Å². The van der Waals surface area contributed by atoms with Gasteiger partial charge in [-0.05, 0) is 25.1 Å². The Kier molecular flexibility index (Phi) is 5.34. The number of halogens is 2. The molecule has 0 bridgehead atoms. The lowest BCUT2D eigenvalue weighted by atomic mass is 10.3. The van der Waals surface area contributed by atoms with Gasteiger partial charge in [-0.15, -0.1) is 0 Å². The number of carbonyl (C=O) groups is 1. The Morgan fingerprint density at radius 3 is 2.88 bits per heavy atom. The normalized spacial score (nSPS) is 12.2. The molecule has 0 saturated carbocycles. The highest BCUT2D eigenvalue weighted by molar-refractivity contribution is 6.30. The van der Waals surface area contributed by atoms with Gasteiger partial charge in [0.25, 0.3) is 0 Å². The lowest BCUT2D eigenvalue weighted by Gasteiger charge is -2.08. The van der Waals surface area contributed by atoms with Crippen molar-refractivity contribution in [2.24, 2.45) is 0 Å². The molecule has 1 amide bonds. The van der Waals surface area contributed by atoms with Gasteiger partial charge in [-0.3, -0.25) is 4.79 Å². The molecule has 0 unspecified atom stereocenters. The van der Waals surface area contributed by atoms with Crippen LogP contribution in [0.4, 0.5) is 10.1 Å². The highest BCUT2D eigenvalue weighted by Gasteiger charge is 2.07. The van der Waals surface area contributed by atoms with Crippen LogP contribution in [0.1, 0.15) is 6.92 Å². The van der Waals surface area contributed by atoms with E-state index in [0.717, 1.165) is 6.07 Å². The van der Waals surface area contributed by atoms with E-state index in [1.165, 1.54) is 12.1 Å². The molecule has 1 rings (SSSR count). The fraction of sp³-hybridized carbons (Fsp3) is 0.364. The number of amides is 1. The zero-order valence-electron chi connectivity index (χ0n) is 9.34. The highest BCUT2D eigenvalue weighted by atomic mass is 35.5. The fourth-order valence-corrected chi connectivity index (χ4v) is 1.34. The molecule has 1 aromatic rings. The second-order valence-electron chi connectivity index (χ2n) is 3.65. The van der Waals surface area contributed by atoms with Gasteiger partial charge in [0.2, 0.25) is 5.91 Å². The minimum absolute atomic E-state index is 0.00691.